The Balaban J connectivity index is 1.62. The lowest BCUT2D eigenvalue weighted by molar-refractivity contribution is 0.0792. The fraction of sp³-hybridized carbons (Fsp3) is 0.389. The standard InChI is InChI=1S/C18H19ClN4OS/c1-2-4-16-21-13-5-3-9-20-17(13)23(16)12-8-10-22(11-12)18(24)14-6-7-15(19)25-14/h3,5-7,9,12H,2,4,8,10-11H2,1H3. The molecule has 1 saturated heterocycles. The van der Waals surface area contributed by atoms with Gasteiger partial charge in [0.25, 0.3) is 5.91 Å². The SMILES string of the molecule is CCCc1nc2cccnc2n1C1CCN(C(=O)c2ccc(Cl)s2)C1. The van der Waals surface area contributed by atoms with Crippen LogP contribution in [0.2, 0.25) is 4.34 Å². The van der Waals surface area contributed by atoms with E-state index in [1.54, 1.807) is 12.1 Å². The number of pyridine rings is 1. The molecule has 1 atom stereocenters. The molecular weight excluding hydrogens is 356 g/mol. The third-order valence-corrected chi connectivity index (χ3v) is 5.81. The van der Waals surface area contributed by atoms with Crippen molar-refractivity contribution in [3.05, 3.63) is 45.5 Å². The third kappa shape index (κ3) is 3.04. The molecule has 0 saturated carbocycles. The Bertz CT molecular complexity index is 919. The Labute approximate surface area is 155 Å². The summed E-state index contributed by atoms with van der Waals surface area (Å²) < 4.78 is 2.89. The number of halogens is 1. The minimum atomic E-state index is 0.0637. The monoisotopic (exact) mass is 374 g/mol. The minimum absolute atomic E-state index is 0.0637. The van der Waals surface area contributed by atoms with Crippen LogP contribution in [0.4, 0.5) is 0 Å². The van der Waals surface area contributed by atoms with Crippen LogP contribution >= 0.6 is 22.9 Å². The summed E-state index contributed by atoms with van der Waals surface area (Å²) in [6.07, 6.45) is 4.68. The number of likely N-dealkylation sites (tertiary alicyclic amines) is 1. The highest BCUT2D eigenvalue weighted by molar-refractivity contribution is 7.17. The van der Waals surface area contributed by atoms with Crippen LogP contribution in [0.25, 0.3) is 11.2 Å². The zero-order valence-electron chi connectivity index (χ0n) is 14.0. The van der Waals surface area contributed by atoms with E-state index in [0.29, 0.717) is 15.8 Å². The second-order valence-corrected chi connectivity index (χ2v) is 8.01. The Morgan fingerprint density at radius 2 is 2.28 bits per heavy atom. The number of carbonyl (C=O) groups excluding carboxylic acids is 1. The van der Waals surface area contributed by atoms with Crippen molar-refractivity contribution in [1.82, 2.24) is 19.4 Å². The third-order valence-electron chi connectivity index (χ3n) is 4.60. The average Bonchev–Trinajstić information content (AvgIpc) is 3.32. The Hall–Kier alpha value is -1.92. The Morgan fingerprint density at radius 1 is 1.40 bits per heavy atom. The number of thiophene rings is 1. The molecule has 3 aromatic rings. The van der Waals surface area contributed by atoms with Gasteiger partial charge in [-0.2, -0.15) is 0 Å². The lowest BCUT2D eigenvalue weighted by Crippen LogP contribution is -2.28. The lowest BCUT2D eigenvalue weighted by atomic mass is 10.2. The number of hydrogen-bond acceptors (Lipinski definition) is 4. The lowest BCUT2D eigenvalue weighted by Gasteiger charge is -2.18. The summed E-state index contributed by atoms with van der Waals surface area (Å²) in [6, 6.07) is 7.73. The molecule has 1 amide bonds. The second-order valence-electron chi connectivity index (χ2n) is 6.29. The first-order chi connectivity index (χ1) is 12.2. The second kappa shape index (κ2) is 6.77. The molecule has 1 aliphatic rings. The van der Waals surface area contributed by atoms with Gasteiger partial charge in [0, 0.05) is 25.7 Å². The Morgan fingerprint density at radius 3 is 3.04 bits per heavy atom. The van der Waals surface area contributed by atoms with Crippen LogP contribution in [0.5, 0.6) is 0 Å². The molecule has 1 fully saturated rings. The quantitative estimate of drug-likeness (QED) is 0.688. The van der Waals surface area contributed by atoms with E-state index in [1.807, 2.05) is 23.2 Å². The van der Waals surface area contributed by atoms with Crippen LogP contribution in [0.3, 0.4) is 0 Å². The van der Waals surface area contributed by atoms with Gasteiger partial charge in [-0.05, 0) is 37.1 Å². The molecule has 7 heteroatoms. The van der Waals surface area contributed by atoms with E-state index in [1.165, 1.54) is 11.3 Å². The van der Waals surface area contributed by atoms with Crippen molar-refractivity contribution in [1.29, 1.82) is 0 Å². The van der Waals surface area contributed by atoms with E-state index in [4.69, 9.17) is 16.6 Å². The van der Waals surface area contributed by atoms with E-state index >= 15 is 0 Å². The van der Waals surface area contributed by atoms with Crippen molar-refractivity contribution in [2.75, 3.05) is 13.1 Å². The van der Waals surface area contributed by atoms with Gasteiger partial charge in [0.1, 0.15) is 11.3 Å². The van der Waals surface area contributed by atoms with Crippen molar-refractivity contribution in [3.8, 4) is 0 Å². The first-order valence-electron chi connectivity index (χ1n) is 8.54. The van der Waals surface area contributed by atoms with E-state index in [2.05, 4.69) is 16.5 Å². The fourth-order valence-corrected chi connectivity index (χ4v) is 4.49. The summed E-state index contributed by atoms with van der Waals surface area (Å²) in [5.74, 6) is 1.13. The maximum Gasteiger partial charge on any atom is 0.264 e. The van der Waals surface area contributed by atoms with E-state index in [9.17, 15) is 4.79 Å². The van der Waals surface area contributed by atoms with Gasteiger partial charge in [-0.25, -0.2) is 9.97 Å². The van der Waals surface area contributed by atoms with Gasteiger partial charge < -0.3 is 9.47 Å². The van der Waals surface area contributed by atoms with E-state index in [0.717, 1.165) is 42.8 Å². The van der Waals surface area contributed by atoms with Crippen molar-refractivity contribution in [3.63, 3.8) is 0 Å². The number of amides is 1. The zero-order chi connectivity index (χ0) is 17.4. The normalized spacial score (nSPS) is 17.5. The van der Waals surface area contributed by atoms with Crippen molar-refractivity contribution in [2.24, 2.45) is 0 Å². The first kappa shape index (κ1) is 16.5. The molecule has 130 valence electrons. The van der Waals surface area contributed by atoms with Gasteiger partial charge in [0.15, 0.2) is 5.65 Å². The number of imidazole rings is 1. The molecule has 5 nitrogen and oxygen atoms in total. The summed E-state index contributed by atoms with van der Waals surface area (Å²) in [4.78, 5) is 24.6. The topological polar surface area (TPSA) is 51.0 Å². The largest absolute Gasteiger partial charge is 0.336 e. The number of carbonyl (C=O) groups is 1. The highest BCUT2D eigenvalue weighted by atomic mass is 35.5. The number of fused-ring (bicyclic) bond motifs is 1. The van der Waals surface area contributed by atoms with Crippen LogP contribution in [0.15, 0.2) is 30.5 Å². The zero-order valence-corrected chi connectivity index (χ0v) is 15.6. The highest BCUT2D eigenvalue weighted by Crippen LogP contribution is 2.30. The molecule has 0 spiro atoms. The Kier molecular flexibility index (Phi) is 4.48. The molecular formula is C18H19ClN4OS. The van der Waals surface area contributed by atoms with E-state index in [-0.39, 0.29) is 11.9 Å². The summed E-state index contributed by atoms with van der Waals surface area (Å²) in [5, 5.41) is 0. The molecule has 25 heavy (non-hydrogen) atoms. The van der Waals surface area contributed by atoms with Crippen molar-refractivity contribution in [2.45, 2.75) is 32.2 Å². The average molecular weight is 375 g/mol. The van der Waals surface area contributed by atoms with Gasteiger partial charge in [0.2, 0.25) is 0 Å². The fourth-order valence-electron chi connectivity index (χ4n) is 3.48. The molecule has 1 unspecified atom stereocenters. The molecule has 1 aliphatic heterocycles. The van der Waals surface area contributed by atoms with Crippen molar-refractivity contribution >= 4 is 40.0 Å². The van der Waals surface area contributed by atoms with Crippen LogP contribution in [-0.4, -0.2) is 38.4 Å². The molecule has 4 heterocycles. The van der Waals surface area contributed by atoms with Gasteiger partial charge >= 0.3 is 0 Å². The predicted octanol–water partition coefficient (Wildman–Crippen LogP) is 4.19. The number of aryl methyl sites for hydroxylation is 1. The summed E-state index contributed by atoms with van der Waals surface area (Å²) in [5.41, 5.74) is 1.85. The molecule has 0 N–H and O–H groups in total. The van der Waals surface area contributed by atoms with Crippen LogP contribution in [-0.2, 0) is 6.42 Å². The van der Waals surface area contributed by atoms with Gasteiger partial charge in [0.05, 0.1) is 15.3 Å². The number of aromatic nitrogens is 3. The first-order valence-corrected chi connectivity index (χ1v) is 9.73. The number of rotatable bonds is 4. The molecule has 0 radical (unpaired) electrons. The van der Waals surface area contributed by atoms with Crippen LogP contribution < -0.4 is 0 Å². The molecule has 0 aromatic carbocycles. The maximum absolute atomic E-state index is 12.7. The summed E-state index contributed by atoms with van der Waals surface area (Å²) in [7, 11) is 0. The number of hydrogen-bond donors (Lipinski definition) is 0. The van der Waals surface area contributed by atoms with Crippen molar-refractivity contribution < 1.29 is 4.79 Å². The highest BCUT2D eigenvalue weighted by Gasteiger charge is 2.31. The molecule has 0 aliphatic carbocycles. The predicted molar refractivity (Wildman–Crippen MR) is 100 cm³/mol. The smallest absolute Gasteiger partial charge is 0.264 e. The van der Waals surface area contributed by atoms with E-state index < -0.39 is 0 Å². The molecule has 3 aromatic heterocycles. The van der Waals surface area contributed by atoms with Gasteiger partial charge in [-0.1, -0.05) is 18.5 Å². The molecule has 0 bridgehead atoms. The summed E-state index contributed by atoms with van der Waals surface area (Å²) >= 11 is 7.31. The van der Waals surface area contributed by atoms with Gasteiger partial charge in [-0.15, -0.1) is 11.3 Å². The number of nitrogens with zero attached hydrogens (tertiary/aromatic N) is 4. The minimum Gasteiger partial charge on any atom is -0.336 e. The van der Waals surface area contributed by atoms with Crippen LogP contribution in [0.1, 0.15) is 41.3 Å². The van der Waals surface area contributed by atoms with Crippen LogP contribution in [0, 0.1) is 0 Å². The molecule has 4 rings (SSSR count). The summed E-state index contributed by atoms with van der Waals surface area (Å²) in [6.45, 7) is 3.59. The van der Waals surface area contributed by atoms with Gasteiger partial charge in [-0.3, -0.25) is 4.79 Å². The maximum atomic E-state index is 12.7.